The number of anilines is 1. The maximum atomic E-state index is 12.5. The van der Waals surface area contributed by atoms with Crippen LogP contribution in [0.15, 0.2) is 34.8 Å². The van der Waals surface area contributed by atoms with Gasteiger partial charge in [-0.3, -0.25) is 4.79 Å². The van der Waals surface area contributed by atoms with Gasteiger partial charge in [0.05, 0.1) is 6.61 Å². The van der Waals surface area contributed by atoms with Crippen LogP contribution in [0.1, 0.15) is 48.2 Å². The summed E-state index contributed by atoms with van der Waals surface area (Å²) in [6.45, 7) is 5.90. The number of rotatable bonds is 3. The lowest BCUT2D eigenvalue weighted by molar-refractivity contribution is 0.0518. The number of hydrogen-bond donors (Lipinski definition) is 1. The van der Waals surface area contributed by atoms with Gasteiger partial charge in [0.15, 0.2) is 11.4 Å². The molecule has 0 saturated heterocycles. The highest BCUT2D eigenvalue weighted by Gasteiger charge is 2.38. The van der Waals surface area contributed by atoms with E-state index in [-0.39, 0.29) is 29.1 Å². The van der Waals surface area contributed by atoms with Crippen molar-refractivity contribution in [3.8, 4) is 6.07 Å². The van der Waals surface area contributed by atoms with Gasteiger partial charge in [0.1, 0.15) is 11.8 Å². The molecule has 1 aliphatic heterocycles. The Labute approximate surface area is 156 Å². The van der Waals surface area contributed by atoms with Gasteiger partial charge in [-0.25, -0.2) is 9.78 Å². The van der Waals surface area contributed by atoms with Gasteiger partial charge in [0.25, 0.3) is 5.56 Å². The smallest absolute Gasteiger partial charge is 0.357 e. The van der Waals surface area contributed by atoms with E-state index in [0.717, 1.165) is 16.9 Å². The number of ether oxygens (including phenoxy) is 1. The quantitative estimate of drug-likeness (QED) is 0.841. The standard InChI is InChI=1S/C20H20N4O3/c1-5-27-19(26)17-14(11-21)22-13(18(25)23-17)10-16-20(2,3)12-8-6-7-9-15(12)24(16)4/h6-10H,5H2,1-4H3,(H,23,25)/b16-10+. The van der Waals surface area contributed by atoms with Crippen molar-refractivity contribution < 1.29 is 9.53 Å². The van der Waals surface area contributed by atoms with Crippen molar-refractivity contribution in [2.75, 3.05) is 18.6 Å². The molecule has 0 atom stereocenters. The normalized spacial score (nSPS) is 16.1. The molecule has 2 aromatic rings. The summed E-state index contributed by atoms with van der Waals surface area (Å²) in [4.78, 5) is 33.0. The van der Waals surface area contributed by atoms with Gasteiger partial charge in [0.2, 0.25) is 0 Å². The van der Waals surface area contributed by atoms with Crippen LogP contribution in [0.5, 0.6) is 0 Å². The lowest BCUT2D eigenvalue weighted by Gasteiger charge is -2.24. The number of para-hydroxylation sites is 1. The SMILES string of the molecule is CCOC(=O)c1[nH]c(=O)c(/C=C2/N(C)c3ccccc3C2(C)C)nc1C#N. The Bertz CT molecular complexity index is 1040. The maximum Gasteiger partial charge on any atom is 0.357 e. The summed E-state index contributed by atoms with van der Waals surface area (Å²) in [7, 11) is 1.92. The van der Waals surface area contributed by atoms with E-state index in [1.165, 1.54) is 0 Å². The molecule has 27 heavy (non-hydrogen) atoms. The third-order valence-corrected chi connectivity index (χ3v) is 4.74. The minimum Gasteiger partial charge on any atom is -0.461 e. The first-order valence-corrected chi connectivity index (χ1v) is 8.58. The van der Waals surface area contributed by atoms with Crippen molar-refractivity contribution in [3.05, 3.63) is 63.0 Å². The van der Waals surface area contributed by atoms with Crippen LogP contribution in [0.25, 0.3) is 6.08 Å². The topological polar surface area (TPSA) is 99.1 Å². The minimum atomic E-state index is -0.774. The van der Waals surface area contributed by atoms with Crippen molar-refractivity contribution in [1.82, 2.24) is 9.97 Å². The molecule has 0 fully saturated rings. The maximum absolute atomic E-state index is 12.5. The Morgan fingerprint density at radius 1 is 1.41 bits per heavy atom. The lowest BCUT2D eigenvalue weighted by Crippen LogP contribution is -2.25. The van der Waals surface area contributed by atoms with E-state index in [1.807, 2.05) is 36.2 Å². The van der Waals surface area contributed by atoms with Crippen molar-refractivity contribution >= 4 is 17.7 Å². The fraction of sp³-hybridized carbons (Fsp3) is 0.300. The molecule has 2 heterocycles. The number of fused-ring (bicyclic) bond motifs is 1. The Morgan fingerprint density at radius 2 is 2.11 bits per heavy atom. The molecule has 7 nitrogen and oxygen atoms in total. The number of carbonyl (C=O) groups is 1. The monoisotopic (exact) mass is 364 g/mol. The fourth-order valence-corrected chi connectivity index (χ4v) is 3.38. The second kappa shape index (κ2) is 6.72. The molecule has 0 amide bonds. The van der Waals surface area contributed by atoms with Crippen LogP contribution >= 0.6 is 0 Å². The molecule has 1 aromatic heterocycles. The molecule has 3 rings (SSSR count). The average molecular weight is 364 g/mol. The van der Waals surface area contributed by atoms with Gasteiger partial charge in [-0.1, -0.05) is 32.0 Å². The number of nitrogens with one attached hydrogen (secondary N) is 1. The molecular formula is C20H20N4O3. The van der Waals surface area contributed by atoms with E-state index in [9.17, 15) is 14.9 Å². The van der Waals surface area contributed by atoms with Gasteiger partial charge >= 0.3 is 5.97 Å². The molecule has 0 saturated carbocycles. The van der Waals surface area contributed by atoms with Gasteiger partial charge < -0.3 is 14.6 Å². The number of esters is 1. The molecule has 1 aliphatic rings. The molecule has 0 bridgehead atoms. The summed E-state index contributed by atoms with van der Waals surface area (Å²) in [5.41, 5.74) is 1.84. The molecule has 0 aliphatic carbocycles. The molecule has 7 heteroatoms. The highest BCUT2D eigenvalue weighted by molar-refractivity contribution is 5.89. The Balaban J connectivity index is 2.12. The highest BCUT2D eigenvalue weighted by Crippen LogP contribution is 2.46. The zero-order chi connectivity index (χ0) is 19.8. The van der Waals surface area contributed by atoms with Gasteiger partial charge in [0, 0.05) is 23.8 Å². The van der Waals surface area contributed by atoms with Crippen LogP contribution < -0.4 is 10.5 Å². The molecule has 1 aromatic carbocycles. The summed E-state index contributed by atoms with van der Waals surface area (Å²) >= 11 is 0. The second-order valence-electron chi connectivity index (χ2n) is 6.74. The number of carbonyl (C=O) groups excluding carboxylic acids is 1. The van der Waals surface area contributed by atoms with Gasteiger partial charge in [-0.15, -0.1) is 0 Å². The zero-order valence-corrected chi connectivity index (χ0v) is 15.7. The zero-order valence-electron chi connectivity index (χ0n) is 15.7. The number of H-pyrrole nitrogens is 1. The first kappa shape index (κ1) is 18.4. The van der Waals surface area contributed by atoms with Gasteiger partial charge in [-0.2, -0.15) is 5.26 Å². The molecule has 0 spiro atoms. The third kappa shape index (κ3) is 2.99. The van der Waals surface area contributed by atoms with Crippen LogP contribution in [0.2, 0.25) is 0 Å². The third-order valence-electron chi connectivity index (χ3n) is 4.74. The molecule has 0 radical (unpaired) electrons. The number of allylic oxidation sites excluding steroid dienone is 1. The number of aromatic amines is 1. The van der Waals surface area contributed by atoms with Crippen LogP contribution in [-0.2, 0) is 10.2 Å². The summed E-state index contributed by atoms with van der Waals surface area (Å²) in [5.74, 6) is -0.774. The van der Waals surface area contributed by atoms with Crippen LogP contribution in [-0.4, -0.2) is 29.6 Å². The number of hydrogen-bond acceptors (Lipinski definition) is 6. The van der Waals surface area contributed by atoms with Gasteiger partial charge in [-0.05, 0) is 24.6 Å². The predicted molar refractivity (Wildman–Crippen MR) is 101 cm³/mol. The predicted octanol–water partition coefficient (Wildman–Crippen LogP) is 2.59. The number of nitrogens with zero attached hydrogens (tertiary/aromatic N) is 3. The first-order chi connectivity index (χ1) is 12.8. The van der Waals surface area contributed by atoms with Crippen LogP contribution in [0.4, 0.5) is 5.69 Å². The fourth-order valence-electron chi connectivity index (χ4n) is 3.38. The number of likely N-dealkylation sites (N-methyl/N-ethyl adjacent to an activating group) is 1. The number of benzene rings is 1. The van der Waals surface area contributed by atoms with E-state index >= 15 is 0 Å². The summed E-state index contributed by atoms with van der Waals surface area (Å²) in [6, 6.07) is 9.85. The largest absolute Gasteiger partial charge is 0.461 e. The van der Waals surface area contributed by atoms with E-state index < -0.39 is 11.5 Å². The van der Waals surface area contributed by atoms with E-state index in [0.29, 0.717) is 0 Å². The average Bonchev–Trinajstić information content (AvgIpc) is 2.84. The van der Waals surface area contributed by atoms with Crippen LogP contribution in [0.3, 0.4) is 0 Å². The Hall–Kier alpha value is -3.40. The van der Waals surface area contributed by atoms with Crippen molar-refractivity contribution in [3.63, 3.8) is 0 Å². The van der Waals surface area contributed by atoms with Crippen molar-refractivity contribution in [2.45, 2.75) is 26.2 Å². The van der Waals surface area contributed by atoms with Crippen molar-refractivity contribution in [2.24, 2.45) is 0 Å². The van der Waals surface area contributed by atoms with E-state index in [1.54, 1.807) is 13.0 Å². The molecule has 1 N–H and O–H groups in total. The van der Waals surface area contributed by atoms with Crippen LogP contribution in [0, 0.1) is 11.3 Å². The van der Waals surface area contributed by atoms with E-state index in [2.05, 4.69) is 29.9 Å². The Kier molecular flexibility index (Phi) is 4.58. The molecule has 0 unspecified atom stereocenters. The number of aromatic nitrogens is 2. The second-order valence-corrected chi connectivity index (χ2v) is 6.74. The molecule has 138 valence electrons. The number of nitriles is 1. The minimum absolute atomic E-state index is 0.0716. The Morgan fingerprint density at radius 3 is 2.74 bits per heavy atom. The van der Waals surface area contributed by atoms with E-state index in [4.69, 9.17) is 4.74 Å². The summed E-state index contributed by atoms with van der Waals surface area (Å²) in [6.07, 6.45) is 1.66. The highest BCUT2D eigenvalue weighted by atomic mass is 16.5. The summed E-state index contributed by atoms with van der Waals surface area (Å²) in [5, 5.41) is 9.33. The molecular weight excluding hydrogens is 344 g/mol. The van der Waals surface area contributed by atoms with Crippen molar-refractivity contribution in [1.29, 1.82) is 5.26 Å². The lowest BCUT2D eigenvalue weighted by atomic mass is 9.83. The summed E-state index contributed by atoms with van der Waals surface area (Å²) < 4.78 is 4.87. The first-order valence-electron chi connectivity index (χ1n) is 8.58.